The number of phenols is 1. The van der Waals surface area contributed by atoms with Crippen LogP contribution in [0.5, 0.6) is 5.75 Å². The Morgan fingerprint density at radius 1 is 1.46 bits per heavy atom. The fourth-order valence-corrected chi connectivity index (χ4v) is 1.11. The van der Waals surface area contributed by atoms with Crippen molar-refractivity contribution in [2.75, 3.05) is 6.54 Å². The maximum atomic E-state index is 12.8. The molecule has 13 heavy (non-hydrogen) atoms. The molecule has 4 N–H and O–H groups in total. The number of hydrogen-bond donors (Lipinski definition) is 3. The first-order valence-electron chi connectivity index (χ1n) is 4.02. The molecule has 0 spiro atoms. The van der Waals surface area contributed by atoms with Crippen molar-refractivity contribution in [3.8, 4) is 5.75 Å². The van der Waals surface area contributed by atoms with Crippen LogP contribution in [0, 0.1) is 5.82 Å². The fraction of sp³-hybridized carbons (Fsp3) is 0.333. The van der Waals surface area contributed by atoms with Crippen molar-refractivity contribution in [1.29, 1.82) is 0 Å². The van der Waals surface area contributed by atoms with Crippen molar-refractivity contribution in [2.45, 2.75) is 12.5 Å². The number of aromatic hydroxyl groups is 1. The SMILES string of the molecule is NCC[C@@H](O)c1cccc(F)c1O. The van der Waals surface area contributed by atoms with Gasteiger partial charge in [0.1, 0.15) is 0 Å². The average Bonchev–Trinajstić information content (AvgIpc) is 2.10. The second kappa shape index (κ2) is 4.20. The number of nitrogens with two attached hydrogens (primary N) is 1. The van der Waals surface area contributed by atoms with E-state index in [-0.39, 0.29) is 12.1 Å². The van der Waals surface area contributed by atoms with Crippen molar-refractivity contribution in [1.82, 2.24) is 0 Å². The highest BCUT2D eigenvalue weighted by Gasteiger charge is 2.13. The fourth-order valence-electron chi connectivity index (χ4n) is 1.11. The molecule has 0 bridgehead atoms. The summed E-state index contributed by atoms with van der Waals surface area (Å²) in [6.07, 6.45) is -0.600. The lowest BCUT2D eigenvalue weighted by atomic mass is 10.1. The Labute approximate surface area is 75.6 Å². The van der Waals surface area contributed by atoms with Crippen molar-refractivity contribution >= 4 is 0 Å². The summed E-state index contributed by atoms with van der Waals surface area (Å²) in [5.74, 6) is -1.22. The van der Waals surface area contributed by atoms with E-state index >= 15 is 0 Å². The van der Waals surface area contributed by atoms with Crippen LogP contribution >= 0.6 is 0 Å². The molecule has 1 atom stereocenters. The van der Waals surface area contributed by atoms with E-state index < -0.39 is 17.7 Å². The Morgan fingerprint density at radius 3 is 2.77 bits per heavy atom. The number of para-hydroxylation sites is 1. The Bertz CT molecular complexity index is 291. The van der Waals surface area contributed by atoms with Gasteiger partial charge in [0.05, 0.1) is 6.10 Å². The Kier molecular flexibility index (Phi) is 3.22. The highest BCUT2D eigenvalue weighted by atomic mass is 19.1. The van der Waals surface area contributed by atoms with E-state index in [0.29, 0.717) is 6.42 Å². The number of phenolic OH excluding ortho intramolecular Hbond substituents is 1. The van der Waals surface area contributed by atoms with Crippen LogP contribution in [0.25, 0.3) is 0 Å². The molecular formula is C9H12FNO2. The van der Waals surface area contributed by atoms with Crippen LogP contribution in [-0.4, -0.2) is 16.8 Å². The average molecular weight is 185 g/mol. The van der Waals surface area contributed by atoms with Crippen molar-refractivity contribution in [3.63, 3.8) is 0 Å². The van der Waals surface area contributed by atoms with Gasteiger partial charge in [-0.3, -0.25) is 0 Å². The molecule has 0 amide bonds. The van der Waals surface area contributed by atoms with Crippen LogP contribution in [-0.2, 0) is 0 Å². The molecule has 0 aliphatic carbocycles. The topological polar surface area (TPSA) is 66.5 Å². The minimum absolute atomic E-state index is 0.186. The van der Waals surface area contributed by atoms with Gasteiger partial charge in [-0.1, -0.05) is 12.1 Å². The summed E-state index contributed by atoms with van der Waals surface area (Å²) in [6, 6.07) is 4.04. The molecule has 0 aromatic heterocycles. The van der Waals surface area contributed by atoms with Gasteiger partial charge in [0.2, 0.25) is 0 Å². The summed E-state index contributed by atoms with van der Waals surface area (Å²) in [5.41, 5.74) is 5.41. The number of hydrogen-bond acceptors (Lipinski definition) is 3. The predicted octanol–water partition coefficient (Wildman–Crippen LogP) is 0.914. The highest BCUT2D eigenvalue weighted by molar-refractivity contribution is 5.35. The van der Waals surface area contributed by atoms with Gasteiger partial charge < -0.3 is 15.9 Å². The summed E-state index contributed by atoms with van der Waals surface area (Å²) in [6.45, 7) is 0.289. The van der Waals surface area contributed by atoms with Gasteiger partial charge >= 0.3 is 0 Å². The van der Waals surface area contributed by atoms with Gasteiger partial charge in [-0.2, -0.15) is 0 Å². The Balaban J connectivity index is 2.93. The molecule has 1 aromatic rings. The van der Waals surface area contributed by atoms with Gasteiger partial charge in [-0.15, -0.1) is 0 Å². The number of halogens is 1. The second-order valence-electron chi connectivity index (χ2n) is 2.77. The molecule has 0 heterocycles. The lowest BCUT2D eigenvalue weighted by Gasteiger charge is -2.11. The summed E-state index contributed by atoms with van der Waals surface area (Å²) < 4.78 is 12.8. The molecule has 72 valence electrons. The van der Waals surface area contributed by atoms with E-state index in [1.54, 1.807) is 0 Å². The van der Waals surface area contributed by atoms with Crippen LogP contribution in [0.4, 0.5) is 4.39 Å². The van der Waals surface area contributed by atoms with Gasteiger partial charge in [-0.25, -0.2) is 4.39 Å². The molecule has 0 fully saturated rings. The van der Waals surface area contributed by atoms with Crippen LogP contribution in [0.15, 0.2) is 18.2 Å². The Morgan fingerprint density at radius 2 is 2.15 bits per heavy atom. The third kappa shape index (κ3) is 2.17. The summed E-state index contributed by atoms with van der Waals surface area (Å²) >= 11 is 0. The van der Waals surface area contributed by atoms with Gasteiger partial charge in [-0.05, 0) is 19.0 Å². The molecule has 0 unspecified atom stereocenters. The number of aliphatic hydroxyl groups is 1. The third-order valence-corrected chi connectivity index (χ3v) is 1.82. The van der Waals surface area contributed by atoms with E-state index in [1.807, 2.05) is 0 Å². The minimum Gasteiger partial charge on any atom is -0.505 e. The van der Waals surface area contributed by atoms with Gasteiger partial charge in [0.25, 0.3) is 0 Å². The van der Waals surface area contributed by atoms with Crippen LogP contribution in [0.2, 0.25) is 0 Å². The molecule has 0 saturated heterocycles. The largest absolute Gasteiger partial charge is 0.505 e. The minimum atomic E-state index is -0.902. The normalized spacial score (nSPS) is 12.8. The highest BCUT2D eigenvalue weighted by Crippen LogP contribution is 2.27. The summed E-state index contributed by atoms with van der Waals surface area (Å²) in [7, 11) is 0. The monoisotopic (exact) mass is 185 g/mol. The van der Waals surface area contributed by atoms with E-state index in [4.69, 9.17) is 5.73 Å². The van der Waals surface area contributed by atoms with E-state index in [2.05, 4.69) is 0 Å². The molecule has 0 saturated carbocycles. The van der Waals surface area contributed by atoms with Crippen LogP contribution < -0.4 is 5.73 Å². The van der Waals surface area contributed by atoms with Crippen LogP contribution in [0.1, 0.15) is 18.1 Å². The summed E-state index contributed by atoms with van der Waals surface area (Å²) in [4.78, 5) is 0. The number of aliphatic hydroxyl groups excluding tert-OH is 1. The second-order valence-corrected chi connectivity index (χ2v) is 2.77. The lowest BCUT2D eigenvalue weighted by Crippen LogP contribution is -2.07. The van der Waals surface area contributed by atoms with Crippen LogP contribution in [0.3, 0.4) is 0 Å². The third-order valence-electron chi connectivity index (χ3n) is 1.82. The summed E-state index contributed by atoms with van der Waals surface area (Å²) in [5, 5.41) is 18.6. The van der Waals surface area contributed by atoms with Crippen molar-refractivity contribution in [3.05, 3.63) is 29.6 Å². The van der Waals surface area contributed by atoms with E-state index in [1.165, 1.54) is 12.1 Å². The molecular weight excluding hydrogens is 173 g/mol. The smallest absolute Gasteiger partial charge is 0.165 e. The standard InChI is InChI=1S/C9H12FNO2/c10-7-3-1-2-6(9(7)13)8(12)4-5-11/h1-3,8,12-13H,4-5,11H2/t8-/m1/s1. The number of benzene rings is 1. The predicted molar refractivity (Wildman–Crippen MR) is 46.7 cm³/mol. The van der Waals surface area contributed by atoms with Gasteiger partial charge in [0, 0.05) is 5.56 Å². The van der Waals surface area contributed by atoms with Crippen molar-refractivity contribution in [2.24, 2.45) is 5.73 Å². The zero-order valence-electron chi connectivity index (χ0n) is 7.07. The maximum Gasteiger partial charge on any atom is 0.165 e. The molecule has 0 aliphatic rings. The molecule has 4 heteroatoms. The molecule has 1 rings (SSSR count). The molecule has 0 aliphatic heterocycles. The first kappa shape index (κ1) is 9.95. The molecule has 3 nitrogen and oxygen atoms in total. The Hall–Kier alpha value is -1.13. The maximum absolute atomic E-state index is 12.8. The van der Waals surface area contributed by atoms with Crippen molar-refractivity contribution < 1.29 is 14.6 Å². The van der Waals surface area contributed by atoms with Gasteiger partial charge in [0.15, 0.2) is 11.6 Å². The molecule has 1 aromatic carbocycles. The first-order chi connectivity index (χ1) is 6.16. The zero-order valence-corrected chi connectivity index (χ0v) is 7.07. The first-order valence-corrected chi connectivity index (χ1v) is 4.02. The lowest BCUT2D eigenvalue weighted by molar-refractivity contribution is 0.165. The number of rotatable bonds is 3. The van der Waals surface area contributed by atoms with E-state index in [0.717, 1.165) is 6.07 Å². The zero-order chi connectivity index (χ0) is 9.84. The quantitative estimate of drug-likeness (QED) is 0.655. The molecule has 0 radical (unpaired) electrons. The van der Waals surface area contributed by atoms with E-state index in [9.17, 15) is 14.6 Å².